The summed E-state index contributed by atoms with van der Waals surface area (Å²) in [4.78, 5) is 2.77. The van der Waals surface area contributed by atoms with Crippen molar-refractivity contribution in [1.82, 2.24) is 0 Å². The molecule has 15 heavy (non-hydrogen) atoms. The van der Waals surface area contributed by atoms with Crippen molar-refractivity contribution in [3.8, 4) is 0 Å². The van der Waals surface area contributed by atoms with Crippen molar-refractivity contribution in [2.24, 2.45) is 5.11 Å². The molecule has 0 unspecified atom stereocenters. The van der Waals surface area contributed by atoms with Crippen molar-refractivity contribution in [1.29, 1.82) is 0 Å². The Morgan fingerprint density at radius 2 is 1.93 bits per heavy atom. The van der Waals surface area contributed by atoms with Gasteiger partial charge in [0.25, 0.3) is 0 Å². The highest BCUT2D eigenvalue weighted by atomic mass is 32.2. The Balaban J connectivity index is 2.86. The van der Waals surface area contributed by atoms with Gasteiger partial charge in [-0.05, 0) is 24.6 Å². The maximum atomic E-state index is 11.6. The number of hydrogen-bond acceptors (Lipinski definition) is 3. The van der Waals surface area contributed by atoms with Gasteiger partial charge in [-0.25, -0.2) is 8.42 Å². The third kappa shape index (κ3) is 3.27. The molecule has 80 valence electrons. The molecule has 1 aromatic carbocycles. The van der Waals surface area contributed by atoms with E-state index >= 15 is 0 Å². The summed E-state index contributed by atoms with van der Waals surface area (Å²) >= 11 is 0. The molecule has 0 radical (unpaired) electrons. The Morgan fingerprint density at radius 1 is 1.33 bits per heavy atom. The van der Waals surface area contributed by atoms with Gasteiger partial charge in [0.1, 0.15) is 0 Å². The lowest BCUT2D eigenvalue weighted by Crippen LogP contribution is -2.08. The average molecular weight is 225 g/mol. The van der Waals surface area contributed by atoms with Crippen LogP contribution in [0.5, 0.6) is 0 Å². The molecule has 6 heteroatoms. The highest BCUT2D eigenvalue weighted by Crippen LogP contribution is 2.11. The topological polar surface area (TPSA) is 82.9 Å². The molecule has 0 aliphatic rings. The van der Waals surface area contributed by atoms with E-state index in [1.54, 1.807) is 24.3 Å². The molecule has 0 fully saturated rings. The van der Waals surface area contributed by atoms with Gasteiger partial charge < -0.3 is 0 Å². The maximum Gasteiger partial charge on any atom is 0.178 e. The van der Waals surface area contributed by atoms with Gasteiger partial charge in [-0.1, -0.05) is 22.8 Å². The van der Waals surface area contributed by atoms with Crippen molar-refractivity contribution in [3.63, 3.8) is 0 Å². The van der Waals surface area contributed by atoms with Gasteiger partial charge in [-0.3, -0.25) is 0 Å². The third-order valence-corrected chi connectivity index (χ3v) is 3.61. The predicted molar refractivity (Wildman–Crippen MR) is 57.2 cm³/mol. The van der Waals surface area contributed by atoms with E-state index in [4.69, 9.17) is 5.53 Å². The minimum absolute atomic E-state index is 0.0350. The predicted octanol–water partition coefficient (Wildman–Crippen LogP) is 2.08. The number of sulfone groups is 1. The number of rotatable bonds is 4. The average Bonchev–Trinajstić information content (AvgIpc) is 2.18. The summed E-state index contributed by atoms with van der Waals surface area (Å²) in [7, 11) is -3.31. The van der Waals surface area contributed by atoms with Gasteiger partial charge in [0.2, 0.25) is 0 Å². The molecule has 0 heterocycles. The molecular weight excluding hydrogens is 214 g/mol. The van der Waals surface area contributed by atoms with Crippen LogP contribution in [0.2, 0.25) is 0 Å². The summed E-state index contributed by atoms with van der Waals surface area (Å²) in [5.41, 5.74) is 9.04. The van der Waals surface area contributed by atoms with Crippen LogP contribution in [-0.2, 0) is 9.84 Å². The standard InChI is InChI=1S/C9H11N3O2S/c1-8-2-4-9(5-3-8)15(13,14)7-6-11-12-10/h2-5H,6-7H2,1H3. The van der Waals surface area contributed by atoms with Crippen LogP contribution in [0.4, 0.5) is 0 Å². The lowest BCUT2D eigenvalue weighted by atomic mass is 10.2. The van der Waals surface area contributed by atoms with E-state index in [-0.39, 0.29) is 17.2 Å². The van der Waals surface area contributed by atoms with Crippen LogP contribution in [0, 0.1) is 6.92 Å². The number of aryl methyl sites for hydroxylation is 1. The highest BCUT2D eigenvalue weighted by Gasteiger charge is 2.12. The first-order chi connectivity index (χ1) is 7.06. The first-order valence-electron chi connectivity index (χ1n) is 4.36. The molecule has 0 aliphatic heterocycles. The lowest BCUT2D eigenvalue weighted by molar-refractivity contribution is 0.596. The number of azide groups is 1. The first kappa shape index (κ1) is 11.6. The molecule has 0 aromatic heterocycles. The van der Waals surface area contributed by atoms with Crippen LogP contribution >= 0.6 is 0 Å². The Hall–Kier alpha value is -1.52. The second-order valence-electron chi connectivity index (χ2n) is 3.09. The van der Waals surface area contributed by atoms with E-state index < -0.39 is 9.84 Å². The second kappa shape index (κ2) is 4.82. The van der Waals surface area contributed by atoms with Crippen LogP contribution < -0.4 is 0 Å². The van der Waals surface area contributed by atoms with Crippen molar-refractivity contribution in [3.05, 3.63) is 40.3 Å². The van der Waals surface area contributed by atoms with Crippen LogP contribution in [0.3, 0.4) is 0 Å². The van der Waals surface area contributed by atoms with E-state index in [9.17, 15) is 8.42 Å². The molecule has 0 spiro atoms. The van der Waals surface area contributed by atoms with Crippen molar-refractivity contribution < 1.29 is 8.42 Å². The number of hydrogen-bond donors (Lipinski definition) is 0. The summed E-state index contributed by atoms with van der Waals surface area (Å²) in [6.45, 7) is 1.85. The normalized spacial score (nSPS) is 10.7. The molecule has 0 saturated carbocycles. The van der Waals surface area contributed by atoms with E-state index in [2.05, 4.69) is 10.0 Å². The Labute approximate surface area is 88.3 Å². The summed E-state index contributed by atoms with van der Waals surface area (Å²) in [6.07, 6.45) is 0. The molecule has 0 saturated heterocycles. The SMILES string of the molecule is Cc1ccc(S(=O)(=O)CCN=[N+]=[N-])cc1. The van der Waals surface area contributed by atoms with Crippen molar-refractivity contribution in [2.75, 3.05) is 12.3 Å². The highest BCUT2D eigenvalue weighted by molar-refractivity contribution is 7.91. The molecule has 0 aliphatic carbocycles. The zero-order valence-corrected chi connectivity index (χ0v) is 9.11. The summed E-state index contributed by atoms with van der Waals surface area (Å²) in [5, 5.41) is 3.20. The van der Waals surface area contributed by atoms with Crippen LogP contribution in [-0.4, -0.2) is 20.7 Å². The maximum absolute atomic E-state index is 11.6. The molecule has 0 bridgehead atoms. The zero-order valence-electron chi connectivity index (χ0n) is 8.29. The molecule has 1 rings (SSSR count). The first-order valence-corrected chi connectivity index (χ1v) is 6.02. The summed E-state index contributed by atoms with van der Waals surface area (Å²) < 4.78 is 23.3. The van der Waals surface area contributed by atoms with Gasteiger partial charge in [0.05, 0.1) is 10.6 Å². The molecule has 5 nitrogen and oxygen atoms in total. The van der Waals surface area contributed by atoms with E-state index in [0.29, 0.717) is 0 Å². The largest absolute Gasteiger partial charge is 0.224 e. The number of nitrogens with zero attached hydrogens (tertiary/aromatic N) is 3. The Kier molecular flexibility index (Phi) is 3.71. The van der Waals surface area contributed by atoms with Gasteiger partial charge >= 0.3 is 0 Å². The van der Waals surface area contributed by atoms with E-state index in [0.717, 1.165) is 5.56 Å². The zero-order chi connectivity index (χ0) is 11.3. The second-order valence-corrected chi connectivity index (χ2v) is 5.20. The Bertz CT molecular complexity index is 473. The lowest BCUT2D eigenvalue weighted by Gasteiger charge is -2.02. The fraction of sp³-hybridized carbons (Fsp3) is 0.333. The fourth-order valence-corrected chi connectivity index (χ4v) is 2.18. The van der Waals surface area contributed by atoms with Crippen LogP contribution in [0.15, 0.2) is 34.3 Å². The Morgan fingerprint density at radius 3 is 2.47 bits per heavy atom. The minimum Gasteiger partial charge on any atom is -0.224 e. The summed E-state index contributed by atoms with van der Waals surface area (Å²) in [6, 6.07) is 6.59. The van der Waals surface area contributed by atoms with Gasteiger partial charge in [-0.2, -0.15) is 0 Å². The smallest absolute Gasteiger partial charge is 0.178 e. The molecular formula is C9H11N3O2S. The molecule has 0 N–H and O–H groups in total. The van der Waals surface area contributed by atoms with E-state index in [1.165, 1.54) is 0 Å². The van der Waals surface area contributed by atoms with E-state index in [1.807, 2.05) is 6.92 Å². The summed E-state index contributed by atoms with van der Waals surface area (Å²) in [5.74, 6) is -0.153. The molecule has 0 atom stereocenters. The molecule has 0 amide bonds. The number of benzene rings is 1. The van der Waals surface area contributed by atoms with Gasteiger partial charge in [-0.15, -0.1) is 0 Å². The van der Waals surface area contributed by atoms with Gasteiger partial charge in [0, 0.05) is 11.5 Å². The quantitative estimate of drug-likeness (QED) is 0.446. The van der Waals surface area contributed by atoms with Crippen LogP contribution in [0.25, 0.3) is 10.4 Å². The molecule has 1 aromatic rings. The van der Waals surface area contributed by atoms with Crippen molar-refractivity contribution in [2.45, 2.75) is 11.8 Å². The van der Waals surface area contributed by atoms with Crippen molar-refractivity contribution >= 4 is 9.84 Å². The van der Waals surface area contributed by atoms with Crippen LogP contribution in [0.1, 0.15) is 5.56 Å². The minimum atomic E-state index is -3.31. The third-order valence-electron chi connectivity index (χ3n) is 1.90. The van der Waals surface area contributed by atoms with Gasteiger partial charge in [0.15, 0.2) is 9.84 Å². The monoisotopic (exact) mass is 225 g/mol. The fourth-order valence-electron chi connectivity index (χ4n) is 1.07.